The second-order valence-corrected chi connectivity index (χ2v) is 4.69. The molecule has 0 aromatic heterocycles. The summed E-state index contributed by atoms with van der Waals surface area (Å²) in [6.07, 6.45) is 2.99. The maximum atomic E-state index is 11.4. The number of rotatable bonds is 7. The summed E-state index contributed by atoms with van der Waals surface area (Å²) in [4.78, 5) is 11.4. The van der Waals surface area contributed by atoms with Crippen molar-refractivity contribution < 1.29 is 9.53 Å². The second kappa shape index (κ2) is 7.95. The molecule has 0 saturated carbocycles. The number of hydrogen-bond acceptors (Lipinski definition) is 3. The van der Waals surface area contributed by atoms with E-state index in [1.54, 1.807) is 0 Å². The van der Waals surface area contributed by atoms with Crippen molar-refractivity contribution in [3.63, 3.8) is 0 Å². The van der Waals surface area contributed by atoms with Crippen LogP contribution < -0.4 is 5.73 Å². The highest BCUT2D eigenvalue weighted by molar-refractivity contribution is 5.69. The smallest absolute Gasteiger partial charge is 0.305 e. The van der Waals surface area contributed by atoms with Crippen LogP contribution in [0.4, 0.5) is 0 Å². The van der Waals surface area contributed by atoms with Crippen LogP contribution in [0, 0.1) is 0 Å². The molecule has 0 amide bonds. The van der Waals surface area contributed by atoms with Crippen LogP contribution in [0.3, 0.4) is 0 Å². The van der Waals surface area contributed by atoms with Gasteiger partial charge in [0.1, 0.15) is 0 Å². The number of hydrogen-bond donors (Lipinski definition) is 1. The topological polar surface area (TPSA) is 52.3 Å². The number of carbonyl (C=O) groups excluding carboxylic acids is 1. The Labute approximate surface area is 116 Å². The fraction of sp³-hybridized carbons (Fsp3) is 0.562. The van der Waals surface area contributed by atoms with E-state index < -0.39 is 0 Å². The molecule has 0 radical (unpaired) electrons. The van der Waals surface area contributed by atoms with Gasteiger partial charge in [0.2, 0.25) is 0 Å². The van der Waals surface area contributed by atoms with Crippen molar-refractivity contribution in [3.8, 4) is 0 Å². The average molecular weight is 263 g/mol. The zero-order valence-corrected chi connectivity index (χ0v) is 12.2. The highest BCUT2D eigenvalue weighted by Crippen LogP contribution is 2.23. The first-order valence-electron chi connectivity index (χ1n) is 7.15. The molecule has 19 heavy (non-hydrogen) atoms. The largest absolute Gasteiger partial charge is 0.466 e. The van der Waals surface area contributed by atoms with Crippen LogP contribution in [0.15, 0.2) is 18.2 Å². The highest BCUT2D eigenvalue weighted by Gasteiger charge is 2.13. The molecule has 1 rings (SSSR count). The summed E-state index contributed by atoms with van der Waals surface area (Å²) < 4.78 is 4.94. The minimum Gasteiger partial charge on any atom is -0.466 e. The van der Waals surface area contributed by atoms with Crippen LogP contribution >= 0.6 is 0 Å². The lowest BCUT2D eigenvalue weighted by Gasteiger charge is -2.17. The summed E-state index contributed by atoms with van der Waals surface area (Å²) in [5, 5.41) is 0. The van der Waals surface area contributed by atoms with E-state index in [0.29, 0.717) is 19.4 Å². The van der Waals surface area contributed by atoms with Crippen LogP contribution in [0.5, 0.6) is 0 Å². The van der Waals surface area contributed by atoms with Gasteiger partial charge >= 0.3 is 5.97 Å². The summed E-state index contributed by atoms with van der Waals surface area (Å²) in [7, 11) is 0. The van der Waals surface area contributed by atoms with E-state index in [-0.39, 0.29) is 12.0 Å². The summed E-state index contributed by atoms with van der Waals surface area (Å²) in [5.41, 5.74) is 9.97. The van der Waals surface area contributed by atoms with Crippen molar-refractivity contribution in [1.82, 2.24) is 0 Å². The number of benzene rings is 1. The molecule has 0 fully saturated rings. The van der Waals surface area contributed by atoms with Gasteiger partial charge in [-0.05, 0) is 42.9 Å². The van der Waals surface area contributed by atoms with E-state index in [1.165, 1.54) is 16.7 Å². The van der Waals surface area contributed by atoms with Gasteiger partial charge in [0.15, 0.2) is 0 Å². The molecule has 106 valence electrons. The molecule has 0 saturated heterocycles. The maximum absolute atomic E-state index is 11.4. The van der Waals surface area contributed by atoms with E-state index >= 15 is 0 Å². The molecule has 1 unspecified atom stereocenters. The predicted octanol–water partition coefficient (Wildman–Crippen LogP) is 3.15. The first kappa shape index (κ1) is 15.7. The number of carbonyl (C=O) groups is 1. The lowest BCUT2D eigenvalue weighted by molar-refractivity contribution is -0.143. The highest BCUT2D eigenvalue weighted by atomic mass is 16.5. The Morgan fingerprint density at radius 2 is 2.00 bits per heavy atom. The summed E-state index contributed by atoms with van der Waals surface area (Å²) in [6.45, 7) is 6.51. The first-order valence-corrected chi connectivity index (χ1v) is 7.15. The van der Waals surface area contributed by atoms with Gasteiger partial charge in [0.05, 0.1) is 6.61 Å². The first-order chi connectivity index (χ1) is 9.12. The molecule has 3 nitrogen and oxygen atoms in total. The number of esters is 1. The molecule has 2 N–H and O–H groups in total. The van der Waals surface area contributed by atoms with E-state index in [2.05, 4.69) is 32.0 Å². The van der Waals surface area contributed by atoms with Crippen molar-refractivity contribution >= 4 is 5.97 Å². The molecular weight excluding hydrogens is 238 g/mol. The molecule has 1 atom stereocenters. The van der Waals surface area contributed by atoms with Crippen LogP contribution in [0.2, 0.25) is 0 Å². The van der Waals surface area contributed by atoms with Gasteiger partial charge in [0.25, 0.3) is 0 Å². The number of aryl methyl sites for hydroxylation is 2. The normalized spacial score (nSPS) is 12.2. The predicted molar refractivity (Wildman–Crippen MR) is 78.0 cm³/mol. The third kappa shape index (κ3) is 4.67. The van der Waals surface area contributed by atoms with Gasteiger partial charge in [-0.15, -0.1) is 0 Å². The van der Waals surface area contributed by atoms with Gasteiger partial charge < -0.3 is 10.5 Å². The van der Waals surface area contributed by atoms with Gasteiger partial charge in [-0.1, -0.05) is 32.0 Å². The minimum absolute atomic E-state index is 0.0918. The quantitative estimate of drug-likeness (QED) is 0.769. The Morgan fingerprint density at radius 3 is 2.58 bits per heavy atom. The SMILES string of the molecule is CCOC(=O)CCC(N)c1cc(CC)ccc1CC. The molecule has 0 aliphatic rings. The molecule has 1 aromatic carbocycles. The molecule has 1 aromatic rings. The van der Waals surface area contributed by atoms with Crippen molar-refractivity contribution in [1.29, 1.82) is 0 Å². The summed E-state index contributed by atoms with van der Waals surface area (Å²) in [5.74, 6) is -0.164. The minimum atomic E-state index is -0.164. The fourth-order valence-electron chi connectivity index (χ4n) is 2.19. The third-order valence-electron chi connectivity index (χ3n) is 3.36. The van der Waals surface area contributed by atoms with Crippen molar-refractivity contribution in [2.24, 2.45) is 5.73 Å². The van der Waals surface area contributed by atoms with Gasteiger partial charge in [-0.2, -0.15) is 0 Å². The van der Waals surface area contributed by atoms with Crippen LogP contribution in [0.25, 0.3) is 0 Å². The molecule has 0 heterocycles. The summed E-state index contributed by atoms with van der Waals surface area (Å²) in [6, 6.07) is 6.39. The zero-order chi connectivity index (χ0) is 14.3. The zero-order valence-electron chi connectivity index (χ0n) is 12.2. The van der Waals surface area contributed by atoms with E-state index in [1.807, 2.05) is 6.92 Å². The molecule has 0 spiro atoms. The monoisotopic (exact) mass is 263 g/mol. The third-order valence-corrected chi connectivity index (χ3v) is 3.36. The fourth-order valence-corrected chi connectivity index (χ4v) is 2.19. The Morgan fingerprint density at radius 1 is 1.26 bits per heavy atom. The van der Waals surface area contributed by atoms with Crippen LogP contribution in [-0.2, 0) is 22.4 Å². The summed E-state index contributed by atoms with van der Waals surface area (Å²) >= 11 is 0. The van der Waals surface area contributed by atoms with Crippen molar-refractivity contribution in [2.45, 2.75) is 52.5 Å². The molecule has 0 aliphatic heterocycles. The lowest BCUT2D eigenvalue weighted by Crippen LogP contribution is -2.15. The van der Waals surface area contributed by atoms with Gasteiger partial charge in [-0.3, -0.25) is 4.79 Å². The second-order valence-electron chi connectivity index (χ2n) is 4.69. The average Bonchev–Trinajstić information content (AvgIpc) is 2.44. The maximum Gasteiger partial charge on any atom is 0.305 e. The molecule has 0 bridgehead atoms. The van der Waals surface area contributed by atoms with Gasteiger partial charge in [-0.25, -0.2) is 0 Å². The number of nitrogens with two attached hydrogens (primary N) is 1. The van der Waals surface area contributed by atoms with E-state index in [9.17, 15) is 4.79 Å². The van der Waals surface area contributed by atoms with Gasteiger partial charge in [0, 0.05) is 12.5 Å². The molecule has 0 aliphatic carbocycles. The molecular formula is C16H25NO2. The Balaban J connectivity index is 2.74. The standard InChI is InChI=1S/C16H25NO2/c1-4-12-7-8-13(5-2)14(11-12)15(17)9-10-16(18)19-6-3/h7-8,11,15H,4-6,9-10,17H2,1-3H3. The Kier molecular flexibility index (Phi) is 6.57. The van der Waals surface area contributed by atoms with E-state index in [4.69, 9.17) is 10.5 Å². The van der Waals surface area contributed by atoms with Crippen LogP contribution in [-0.4, -0.2) is 12.6 Å². The Bertz CT molecular complexity index is 415. The van der Waals surface area contributed by atoms with E-state index in [0.717, 1.165) is 12.8 Å². The Hall–Kier alpha value is -1.35. The van der Waals surface area contributed by atoms with Crippen LogP contribution in [0.1, 0.15) is 56.3 Å². The number of ether oxygens (including phenoxy) is 1. The molecule has 3 heteroatoms. The lowest BCUT2D eigenvalue weighted by atomic mass is 9.93. The van der Waals surface area contributed by atoms with Crippen molar-refractivity contribution in [2.75, 3.05) is 6.61 Å². The van der Waals surface area contributed by atoms with Crippen molar-refractivity contribution in [3.05, 3.63) is 34.9 Å².